The molecule has 0 aliphatic heterocycles. The van der Waals surface area contributed by atoms with Gasteiger partial charge in [-0.25, -0.2) is 4.39 Å². The van der Waals surface area contributed by atoms with Crippen LogP contribution < -0.4 is 11.3 Å². The number of nitrogens with zero attached hydrogens (tertiary/aromatic N) is 1. The van der Waals surface area contributed by atoms with Crippen molar-refractivity contribution in [3.05, 3.63) is 88.6 Å². The average Bonchev–Trinajstić information content (AvgIpc) is 2.56. The second-order valence-corrected chi connectivity index (χ2v) is 4.96. The number of hydrogen-bond acceptors (Lipinski definition) is 2. The maximum Gasteiger partial charge on any atom is 0.268 e. The van der Waals surface area contributed by atoms with Crippen LogP contribution in [0.1, 0.15) is 10.4 Å². The number of nitrogens with two attached hydrogens (primary N) is 1. The Bertz CT molecular complexity index is 933. The van der Waals surface area contributed by atoms with Crippen molar-refractivity contribution in [1.82, 2.24) is 4.57 Å². The van der Waals surface area contributed by atoms with Gasteiger partial charge < -0.3 is 5.73 Å². The molecule has 114 valence electrons. The number of benzene rings is 2. The summed E-state index contributed by atoms with van der Waals surface area (Å²) < 4.78 is 15.0. The number of amides is 1. The average molecular weight is 308 g/mol. The lowest BCUT2D eigenvalue weighted by atomic mass is 10.0. The predicted molar refractivity (Wildman–Crippen MR) is 86.0 cm³/mol. The number of hydrogen-bond donors (Lipinski definition) is 1. The molecule has 1 amide bonds. The second-order valence-electron chi connectivity index (χ2n) is 4.96. The molecule has 0 spiro atoms. The van der Waals surface area contributed by atoms with Gasteiger partial charge in [-0.2, -0.15) is 0 Å². The maximum atomic E-state index is 13.9. The Morgan fingerprint density at radius 1 is 0.957 bits per heavy atom. The number of halogens is 1. The van der Waals surface area contributed by atoms with Crippen LogP contribution in [0.4, 0.5) is 4.39 Å². The van der Waals surface area contributed by atoms with Crippen LogP contribution in [-0.4, -0.2) is 10.5 Å². The Morgan fingerprint density at radius 2 is 1.61 bits per heavy atom. The van der Waals surface area contributed by atoms with Gasteiger partial charge in [-0.15, -0.1) is 0 Å². The smallest absolute Gasteiger partial charge is 0.268 e. The minimum atomic E-state index is -0.848. The zero-order chi connectivity index (χ0) is 16.4. The highest BCUT2D eigenvalue weighted by Gasteiger charge is 2.18. The third kappa shape index (κ3) is 2.64. The molecule has 0 aliphatic rings. The molecular formula is C18H13FN2O2. The number of aromatic nitrogens is 1. The zero-order valence-electron chi connectivity index (χ0n) is 12.1. The summed E-state index contributed by atoms with van der Waals surface area (Å²) in [5.74, 6) is -1.41. The van der Waals surface area contributed by atoms with Gasteiger partial charge in [0.05, 0.1) is 5.69 Å². The Hall–Kier alpha value is -3.21. The van der Waals surface area contributed by atoms with Gasteiger partial charge in [0.1, 0.15) is 11.4 Å². The summed E-state index contributed by atoms with van der Waals surface area (Å²) in [6.45, 7) is 0. The van der Waals surface area contributed by atoms with Crippen LogP contribution in [-0.2, 0) is 0 Å². The predicted octanol–water partition coefficient (Wildman–Crippen LogP) is 2.74. The van der Waals surface area contributed by atoms with Gasteiger partial charge in [0.2, 0.25) is 0 Å². The molecule has 0 aliphatic carbocycles. The molecule has 0 bridgehead atoms. The van der Waals surface area contributed by atoms with Gasteiger partial charge in [0.25, 0.3) is 11.5 Å². The van der Waals surface area contributed by atoms with Gasteiger partial charge in [0.15, 0.2) is 0 Å². The van der Waals surface area contributed by atoms with E-state index in [9.17, 15) is 14.0 Å². The van der Waals surface area contributed by atoms with E-state index in [1.54, 1.807) is 36.4 Å². The number of primary amides is 1. The van der Waals surface area contributed by atoms with Crippen molar-refractivity contribution >= 4 is 5.91 Å². The number of carbonyl (C=O) groups is 1. The van der Waals surface area contributed by atoms with E-state index in [1.165, 1.54) is 24.4 Å². The van der Waals surface area contributed by atoms with E-state index in [4.69, 9.17) is 5.73 Å². The molecule has 0 fully saturated rings. The number of rotatable bonds is 3. The highest BCUT2D eigenvalue weighted by Crippen LogP contribution is 2.22. The van der Waals surface area contributed by atoms with E-state index in [1.807, 2.05) is 6.07 Å². The lowest BCUT2D eigenvalue weighted by Crippen LogP contribution is -2.29. The fraction of sp³-hybridized carbons (Fsp3) is 0. The van der Waals surface area contributed by atoms with Crippen molar-refractivity contribution in [3.63, 3.8) is 0 Å². The third-order valence-corrected chi connectivity index (χ3v) is 3.54. The minimum absolute atomic E-state index is 0.0691. The first kappa shape index (κ1) is 14.7. The van der Waals surface area contributed by atoms with Gasteiger partial charge in [-0.1, -0.05) is 42.5 Å². The molecule has 5 heteroatoms. The molecule has 3 aromatic rings. The van der Waals surface area contributed by atoms with E-state index in [2.05, 4.69) is 0 Å². The summed E-state index contributed by atoms with van der Waals surface area (Å²) in [5.41, 5.74) is 5.77. The Balaban J connectivity index is 2.29. The van der Waals surface area contributed by atoms with Crippen molar-refractivity contribution < 1.29 is 9.18 Å². The normalized spacial score (nSPS) is 10.5. The quantitative estimate of drug-likeness (QED) is 0.808. The summed E-state index contributed by atoms with van der Waals surface area (Å²) in [6.07, 6.45) is 1.44. The molecule has 1 aromatic heterocycles. The van der Waals surface area contributed by atoms with Crippen molar-refractivity contribution in [3.8, 4) is 16.8 Å². The van der Waals surface area contributed by atoms with Crippen molar-refractivity contribution in [2.45, 2.75) is 0 Å². The largest absolute Gasteiger partial charge is 0.365 e. The summed E-state index contributed by atoms with van der Waals surface area (Å²) >= 11 is 0. The SMILES string of the molecule is NC(=O)c1c(-c2ccccc2)ccn(-c2ccccc2F)c1=O. The van der Waals surface area contributed by atoms with Crippen molar-refractivity contribution in [2.75, 3.05) is 0 Å². The minimum Gasteiger partial charge on any atom is -0.365 e. The molecule has 0 radical (unpaired) electrons. The van der Waals surface area contributed by atoms with E-state index in [0.29, 0.717) is 11.1 Å². The van der Waals surface area contributed by atoms with Gasteiger partial charge in [-0.3, -0.25) is 14.2 Å². The van der Waals surface area contributed by atoms with E-state index >= 15 is 0 Å². The molecule has 0 saturated heterocycles. The molecular weight excluding hydrogens is 295 g/mol. The fourth-order valence-corrected chi connectivity index (χ4v) is 2.47. The van der Waals surface area contributed by atoms with Crippen LogP contribution in [0.2, 0.25) is 0 Å². The van der Waals surface area contributed by atoms with Crippen LogP contribution >= 0.6 is 0 Å². The molecule has 0 unspecified atom stereocenters. The van der Waals surface area contributed by atoms with Gasteiger partial charge >= 0.3 is 0 Å². The molecule has 2 aromatic carbocycles. The standard InChI is InChI=1S/C18H13FN2O2/c19-14-8-4-5-9-15(14)21-11-10-13(12-6-2-1-3-7-12)16(17(20)22)18(21)23/h1-11H,(H2,20,22). The highest BCUT2D eigenvalue weighted by atomic mass is 19.1. The van der Waals surface area contributed by atoms with Crippen LogP contribution in [0.15, 0.2) is 71.7 Å². The molecule has 3 rings (SSSR count). The van der Waals surface area contributed by atoms with E-state index < -0.39 is 17.3 Å². The maximum absolute atomic E-state index is 13.9. The van der Waals surface area contributed by atoms with Gasteiger partial charge in [0, 0.05) is 11.8 Å². The van der Waals surface area contributed by atoms with Crippen LogP contribution in [0.5, 0.6) is 0 Å². The third-order valence-electron chi connectivity index (χ3n) is 3.54. The summed E-state index contributed by atoms with van der Waals surface area (Å²) in [5, 5.41) is 0. The number of carbonyl (C=O) groups excluding carboxylic acids is 1. The van der Waals surface area contributed by atoms with Crippen molar-refractivity contribution in [1.29, 1.82) is 0 Å². The van der Waals surface area contributed by atoms with Gasteiger partial charge in [-0.05, 0) is 23.8 Å². The highest BCUT2D eigenvalue weighted by molar-refractivity contribution is 5.99. The van der Waals surface area contributed by atoms with Crippen molar-refractivity contribution in [2.24, 2.45) is 5.73 Å². The first-order chi connectivity index (χ1) is 11.1. The molecule has 2 N–H and O–H groups in total. The summed E-state index contributed by atoms with van der Waals surface area (Å²) in [4.78, 5) is 24.5. The number of pyridine rings is 1. The molecule has 23 heavy (non-hydrogen) atoms. The molecule has 1 heterocycles. The molecule has 4 nitrogen and oxygen atoms in total. The van der Waals surface area contributed by atoms with E-state index in [-0.39, 0.29) is 11.3 Å². The number of para-hydroxylation sites is 1. The summed E-state index contributed by atoms with van der Waals surface area (Å²) in [6, 6.07) is 16.4. The van der Waals surface area contributed by atoms with Crippen LogP contribution in [0.25, 0.3) is 16.8 Å². The first-order valence-electron chi connectivity index (χ1n) is 6.95. The van der Waals surface area contributed by atoms with Crippen LogP contribution in [0.3, 0.4) is 0 Å². The molecule has 0 saturated carbocycles. The topological polar surface area (TPSA) is 65.1 Å². The Kier molecular flexibility index (Phi) is 3.76. The zero-order valence-corrected chi connectivity index (χ0v) is 12.1. The monoisotopic (exact) mass is 308 g/mol. The first-order valence-corrected chi connectivity index (χ1v) is 6.95. The summed E-state index contributed by atoms with van der Waals surface area (Å²) in [7, 11) is 0. The van der Waals surface area contributed by atoms with E-state index in [0.717, 1.165) is 4.57 Å². The lowest BCUT2D eigenvalue weighted by Gasteiger charge is -2.12. The lowest BCUT2D eigenvalue weighted by molar-refractivity contribution is 0.0999. The Labute approximate surface area is 131 Å². The second kappa shape index (κ2) is 5.88. The fourth-order valence-electron chi connectivity index (χ4n) is 2.47. The van der Waals surface area contributed by atoms with Crippen LogP contribution in [0, 0.1) is 5.82 Å². The Morgan fingerprint density at radius 3 is 2.26 bits per heavy atom. The molecule has 0 atom stereocenters.